The second kappa shape index (κ2) is 10.1. The minimum absolute atomic E-state index is 0.181. The maximum atomic E-state index is 13.4. The van der Waals surface area contributed by atoms with E-state index >= 15 is 0 Å². The van der Waals surface area contributed by atoms with E-state index in [1.54, 1.807) is 54.7 Å². The number of nitrogens with zero attached hydrogens (tertiary/aromatic N) is 3. The summed E-state index contributed by atoms with van der Waals surface area (Å²) in [6, 6.07) is 17.6. The van der Waals surface area contributed by atoms with Gasteiger partial charge in [0.15, 0.2) is 18.5 Å². The van der Waals surface area contributed by atoms with E-state index in [1.807, 2.05) is 19.2 Å². The Morgan fingerprint density at radius 1 is 1.09 bits per heavy atom. The highest BCUT2D eigenvalue weighted by Gasteiger charge is 2.44. The standard InChI is InChI=1S/C26H28N4O4/c1-30(19-24(31)29-23-17-27-14-15-28-23)16-8-13-22(18-30)34-25(32)26(33,20-9-4-2-5-10-20)21-11-6-3-7-12-21/h2-7,9-12,14-15,17,22,33H,8,13,16,18-19H2,1H3/p+1. The Labute approximate surface area is 198 Å². The molecule has 8 nitrogen and oxygen atoms in total. The fraction of sp³-hybridized carbons (Fsp3) is 0.308. The Bertz CT molecular complexity index is 1070. The Morgan fingerprint density at radius 3 is 2.32 bits per heavy atom. The zero-order valence-electron chi connectivity index (χ0n) is 19.1. The van der Waals surface area contributed by atoms with Crippen molar-refractivity contribution in [3.05, 3.63) is 90.4 Å². The number of amides is 1. The summed E-state index contributed by atoms with van der Waals surface area (Å²) in [5.74, 6) is -0.498. The van der Waals surface area contributed by atoms with Gasteiger partial charge in [0.1, 0.15) is 6.54 Å². The molecule has 2 heterocycles. The van der Waals surface area contributed by atoms with Crippen molar-refractivity contribution in [2.75, 3.05) is 32.0 Å². The van der Waals surface area contributed by atoms with Crippen molar-refractivity contribution in [2.24, 2.45) is 0 Å². The summed E-state index contributed by atoms with van der Waals surface area (Å²) in [6.07, 6.45) is 5.59. The molecular weight excluding hydrogens is 432 g/mol. The molecule has 0 aliphatic carbocycles. The number of benzene rings is 2. The molecule has 0 bridgehead atoms. The largest absolute Gasteiger partial charge is 0.454 e. The van der Waals surface area contributed by atoms with E-state index < -0.39 is 17.7 Å². The number of anilines is 1. The van der Waals surface area contributed by atoms with Gasteiger partial charge in [0.2, 0.25) is 5.60 Å². The molecular formula is C26H29N4O4+. The average Bonchev–Trinajstić information content (AvgIpc) is 2.85. The van der Waals surface area contributed by atoms with Crippen LogP contribution in [0.15, 0.2) is 79.3 Å². The smallest absolute Gasteiger partial charge is 0.348 e. The fourth-order valence-electron chi connectivity index (χ4n) is 4.51. The number of hydrogen-bond donors (Lipinski definition) is 2. The number of hydrogen-bond acceptors (Lipinski definition) is 6. The van der Waals surface area contributed by atoms with Crippen molar-refractivity contribution in [1.29, 1.82) is 0 Å². The molecule has 3 aromatic rings. The maximum Gasteiger partial charge on any atom is 0.348 e. The topological polar surface area (TPSA) is 101 Å². The van der Waals surface area contributed by atoms with Gasteiger partial charge in [0.25, 0.3) is 5.91 Å². The van der Waals surface area contributed by atoms with Gasteiger partial charge < -0.3 is 19.6 Å². The molecule has 176 valence electrons. The van der Waals surface area contributed by atoms with Crippen LogP contribution in [-0.2, 0) is 19.9 Å². The SMILES string of the molecule is C[N+]1(CC(=O)Nc2cnccn2)CCCC(OC(=O)C(O)(c2ccccc2)c2ccccc2)C1. The van der Waals surface area contributed by atoms with Crippen molar-refractivity contribution in [2.45, 2.75) is 24.5 Å². The van der Waals surface area contributed by atoms with E-state index in [1.165, 1.54) is 12.4 Å². The van der Waals surface area contributed by atoms with Crippen LogP contribution in [0.25, 0.3) is 0 Å². The summed E-state index contributed by atoms with van der Waals surface area (Å²) in [5.41, 5.74) is -1.03. The minimum Gasteiger partial charge on any atom is -0.454 e. The molecule has 1 aliphatic heterocycles. The lowest BCUT2D eigenvalue weighted by molar-refractivity contribution is -0.909. The quantitative estimate of drug-likeness (QED) is 0.414. The third-order valence-corrected chi connectivity index (χ3v) is 6.18. The first-order chi connectivity index (χ1) is 16.4. The molecule has 2 unspecified atom stereocenters. The zero-order chi connectivity index (χ0) is 24.0. The van der Waals surface area contributed by atoms with Gasteiger partial charge in [0, 0.05) is 18.8 Å². The molecule has 1 aliphatic rings. The molecule has 1 amide bonds. The Kier molecular flexibility index (Phi) is 7.00. The third kappa shape index (κ3) is 5.30. The number of aliphatic hydroxyl groups is 1. The van der Waals surface area contributed by atoms with Crippen LogP contribution in [0.2, 0.25) is 0 Å². The van der Waals surface area contributed by atoms with Crippen molar-refractivity contribution in [1.82, 2.24) is 9.97 Å². The summed E-state index contributed by atoms with van der Waals surface area (Å²) in [7, 11) is 1.97. The van der Waals surface area contributed by atoms with Crippen LogP contribution < -0.4 is 5.32 Å². The second-order valence-corrected chi connectivity index (χ2v) is 8.93. The third-order valence-electron chi connectivity index (χ3n) is 6.18. The number of carbonyl (C=O) groups is 2. The first-order valence-corrected chi connectivity index (χ1v) is 11.3. The fourth-order valence-corrected chi connectivity index (χ4v) is 4.51. The first-order valence-electron chi connectivity index (χ1n) is 11.3. The highest BCUT2D eigenvalue weighted by molar-refractivity contribution is 5.90. The maximum absolute atomic E-state index is 13.4. The monoisotopic (exact) mass is 461 g/mol. The molecule has 1 saturated heterocycles. The zero-order valence-corrected chi connectivity index (χ0v) is 19.1. The molecule has 2 aromatic carbocycles. The molecule has 2 N–H and O–H groups in total. The number of rotatable bonds is 7. The summed E-state index contributed by atoms with van der Waals surface area (Å²) in [4.78, 5) is 34.1. The molecule has 0 radical (unpaired) electrons. The molecule has 4 rings (SSSR count). The average molecular weight is 462 g/mol. The van der Waals surface area contributed by atoms with Gasteiger partial charge in [-0.05, 0) is 17.5 Å². The van der Waals surface area contributed by atoms with Gasteiger partial charge in [-0.3, -0.25) is 9.78 Å². The van der Waals surface area contributed by atoms with Gasteiger partial charge in [-0.1, -0.05) is 60.7 Å². The number of carbonyl (C=O) groups excluding carboxylic acids is 2. The minimum atomic E-state index is -1.92. The van der Waals surface area contributed by atoms with Crippen LogP contribution in [0.3, 0.4) is 0 Å². The highest BCUT2D eigenvalue weighted by Crippen LogP contribution is 2.32. The van der Waals surface area contributed by atoms with E-state index in [4.69, 9.17) is 4.74 Å². The van der Waals surface area contributed by atoms with E-state index in [9.17, 15) is 14.7 Å². The summed E-state index contributed by atoms with van der Waals surface area (Å²) in [6.45, 7) is 1.47. The summed E-state index contributed by atoms with van der Waals surface area (Å²) < 4.78 is 6.32. The van der Waals surface area contributed by atoms with Gasteiger partial charge in [-0.2, -0.15) is 0 Å². The number of quaternary nitrogens is 1. The van der Waals surface area contributed by atoms with Crippen molar-refractivity contribution < 1.29 is 23.9 Å². The molecule has 34 heavy (non-hydrogen) atoms. The number of ether oxygens (including phenoxy) is 1. The lowest BCUT2D eigenvalue weighted by Crippen LogP contribution is -2.57. The Balaban J connectivity index is 1.47. The van der Waals surface area contributed by atoms with Crippen molar-refractivity contribution >= 4 is 17.7 Å². The number of likely N-dealkylation sites (tertiary alicyclic amines) is 1. The van der Waals surface area contributed by atoms with Crippen LogP contribution in [0.4, 0.5) is 5.82 Å². The predicted molar refractivity (Wildman–Crippen MR) is 126 cm³/mol. The van der Waals surface area contributed by atoms with E-state index in [-0.39, 0.29) is 12.5 Å². The predicted octanol–water partition coefficient (Wildman–Crippen LogP) is 2.50. The van der Waals surface area contributed by atoms with Gasteiger partial charge >= 0.3 is 5.97 Å². The van der Waals surface area contributed by atoms with Gasteiger partial charge in [-0.25, -0.2) is 9.78 Å². The Hall–Kier alpha value is -3.62. The normalized spacial score (nSPS) is 20.4. The van der Waals surface area contributed by atoms with Crippen LogP contribution in [0.1, 0.15) is 24.0 Å². The molecule has 2 atom stereocenters. The van der Waals surface area contributed by atoms with Crippen LogP contribution >= 0.6 is 0 Å². The summed E-state index contributed by atoms with van der Waals surface area (Å²) in [5, 5.41) is 14.4. The number of esters is 1. The van der Waals surface area contributed by atoms with E-state index in [2.05, 4.69) is 15.3 Å². The van der Waals surface area contributed by atoms with Gasteiger partial charge in [0.05, 0.1) is 19.8 Å². The summed E-state index contributed by atoms with van der Waals surface area (Å²) >= 11 is 0. The number of piperidine rings is 1. The van der Waals surface area contributed by atoms with Crippen LogP contribution in [-0.4, -0.2) is 64.2 Å². The molecule has 0 spiro atoms. The first kappa shape index (κ1) is 23.5. The van der Waals surface area contributed by atoms with Crippen molar-refractivity contribution in [3.63, 3.8) is 0 Å². The Morgan fingerprint density at radius 2 is 1.74 bits per heavy atom. The number of likely N-dealkylation sites (N-methyl/N-ethyl adjacent to an activating group) is 1. The number of aromatic nitrogens is 2. The molecule has 8 heteroatoms. The molecule has 0 saturated carbocycles. The lowest BCUT2D eigenvalue weighted by atomic mass is 9.86. The van der Waals surface area contributed by atoms with Crippen LogP contribution in [0.5, 0.6) is 0 Å². The number of nitrogens with one attached hydrogen (secondary N) is 1. The highest BCUT2D eigenvalue weighted by atomic mass is 16.6. The second-order valence-electron chi connectivity index (χ2n) is 8.93. The van der Waals surface area contributed by atoms with Crippen molar-refractivity contribution in [3.8, 4) is 0 Å². The molecule has 1 aromatic heterocycles. The lowest BCUT2D eigenvalue weighted by Gasteiger charge is -2.41. The van der Waals surface area contributed by atoms with E-state index in [0.29, 0.717) is 34.4 Å². The van der Waals surface area contributed by atoms with E-state index in [0.717, 1.165) is 13.0 Å². The van der Waals surface area contributed by atoms with Crippen LogP contribution in [0, 0.1) is 0 Å². The molecule has 1 fully saturated rings. The van der Waals surface area contributed by atoms with Gasteiger partial charge in [-0.15, -0.1) is 0 Å².